The minimum absolute atomic E-state index is 0.0314. The zero-order chi connectivity index (χ0) is 18.0. The molecule has 1 aromatic heterocycles. The van der Waals surface area contributed by atoms with Gasteiger partial charge in [0, 0.05) is 17.3 Å². The van der Waals surface area contributed by atoms with E-state index in [1.54, 1.807) is 42.0 Å². The van der Waals surface area contributed by atoms with Crippen molar-refractivity contribution in [2.75, 3.05) is 7.11 Å². The number of aryl methyl sites for hydroxylation is 1. The van der Waals surface area contributed by atoms with Crippen molar-refractivity contribution in [3.05, 3.63) is 65.9 Å². The molecule has 3 aromatic rings. The number of imidazole rings is 1. The van der Waals surface area contributed by atoms with Gasteiger partial charge in [0.25, 0.3) is 0 Å². The first kappa shape index (κ1) is 16.8. The maximum atomic E-state index is 13.5. The van der Waals surface area contributed by atoms with Crippen molar-refractivity contribution in [2.45, 2.75) is 13.5 Å². The maximum absolute atomic E-state index is 13.5. The Morgan fingerprint density at radius 1 is 1.12 bits per heavy atom. The lowest BCUT2D eigenvalue weighted by Gasteiger charge is -2.06. The number of nitrogens with zero attached hydrogens (tertiary/aromatic N) is 2. The standard InChI is InChI=1S/C19H16F2N2O2/c1-12-9-14(5-8-16(12)21)17-10-23(11-18(24)25-2)19(22-17)13-3-6-15(20)7-4-13/h3-10H,11H2,1-2H3. The zero-order valence-corrected chi connectivity index (χ0v) is 13.8. The number of hydrogen-bond acceptors (Lipinski definition) is 3. The van der Waals surface area contributed by atoms with Gasteiger partial charge < -0.3 is 9.30 Å². The highest BCUT2D eigenvalue weighted by atomic mass is 19.1. The van der Waals surface area contributed by atoms with Crippen LogP contribution in [0.5, 0.6) is 0 Å². The van der Waals surface area contributed by atoms with E-state index in [1.807, 2.05) is 0 Å². The first-order chi connectivity index (χ1) is 12.0. The van der Waals surface area contributed by atoms with Crippen LogP contribution in [0.2, 0.25) is 0 Å². The fourth-order valence-corrected chi connectivity index (χ4v) is 2.51. The first-order valence-electron chi connectivity index (χ1n) is 7.64. The SMILES string of the molecule is COC(=O)Cn1cc(-c2ccc(F)c(C)c2)nc1-c1ccc(F)cc1. The number of halogens is 2. The fourth-order valence-electron chi connectivity index (χ4n) is 2.51. The summed E-state index contributed by atoms with van der Waals surface area (Å²) in [4.78, 5) is 16.2. The number of hydrogen-bond donors (Lipinski definition) is 0. The number of benzene rings is 2. The molecule has 0 aliphatic heterocycles. The Morgan fingerprint density at radius 2 is 1.80 bits per heavy atom. The molecule has 0 aliphatic rings. The lowest BCUT2D eigenvalue weighted by atomic mass is 10.1. The minimum atomic E-state index is -0.428. The number of rotatable bonds is 4. The molecule has 3 rings (SSSR count). The molecule has 25 heavy (non-hydrogen) atoms. The molecule has 0 fully saturated rings. The van der Waals surface area contributed by atoms with E-state index in [4.69, 9.17) is 4.74 Å². The molecule has 1 heterocycles. The quantitative estimate of drug-likeness (QED) is 0.674. The summed E-state index contributed by atoms with van der Waals surface area (Å²) < 4.78 is 33.0. The van der Waals surface area contributed by atoms with Crippen LogP contribution in [0.3, 0.4) is 0 Å². The average molecular weight is 342 g/mol. The second kappa shape index (κ2) is 6.84. The molecule has 0 saturated heterocycles. The molecule has 0 aliphatic carbocycles. The van der Waals surface area contributed by atoms with Crippen LogP contribution in [-0.2, 0) is 16.1 Å². The third kappa shape index (κ3) is 3.57. The van der Waals surface area contributed by atoms with Gasteiger partial charge in [-0.25, -0.2) is 13.8 Å². The molecule has 0 spiro atoms. The van der Waals surface area contributed by atoms with Gasteiger partial charge in [-0.2, -0.15) is 0 Å². The Hall–Kier alpha value is -3.02. The van der Waals surface area contributed by atoms with Crippen molar-refractivity contribution in [3.63, 3.8) is 0 Å². The predicted molar refractivity (Wildman–Crippen MR) is 89.8 cm³/mol. The summed E-state index contributed by atoms with van der Waals surface area (Å²) in [6, 6.07) is 10.5. The monoisotopic (exact) mass is 342 g/mol. The Morgan fingerprint density at radius 3 is 2.44 bits per heavy atom. The predicted octanol–water partition coefficient (Wildman–Crippen LogP) is 3.98. The van der Waals surface area contributed by atoms with Crippen LogP contribution in [-0.4, -0.2) is 22.6 Å². The Bertz CT molecular complexity index is 918. The molecule has 0 N–H and O–H groups in total. The van der Waals surface area contributed by atoms with Crippen LogP contribution in [0.15, 0.2) is 48.7 Å². The molecular formula is C19H16F2N2O2. The van der Waals surface area contributed by atoms with Crippen LogP contribution in [0.4, 0.5) is 8.78 Å². The second-order valence-corrected chi connectivity index (χ2v) is 5.62. The van der Waals surface area contributed by atoms with Gasteiger partial charge in [0.1, 0.15) is 24.0 Å². The molecule has 6 heteroatoms. The molecule has 4 nitrogen and oxygen atoms in total. The molecule has 0 saturated carbocycles. The van der Waals surface area contributed by atoms with Gasteiger partial charge in [-0.1, -0.05) is 0 Å². The topological polar surface area (TPSA) is 44.1 Å². The Kier molecular flexibility index (Phi) is 4.61. The van der Waals surface area contributed by atoms with E-state index in [1.165, 1.54) is 25.3 Å². The molecular weight excluding hydrogens is 326 g/mol. The van der Waals surface area contributed by atoms with E-state index >= 15 is 0 Å². The van der Waals surface area contributed by atoms with Crippen molar-refractivity contribution in [1.82, 2.24) is 9.55 Å². The van der Waals surface area contributed by atoms with Gasteiger partial charge in [0.15, 0.2) is 0 Å². The largest absolute Gasteiger partial charge is 0.468 e. The number of methoxy groups -OCH3 is 1. The third-order valence-corrected chi connectivity index (χ3v) is 3.86. The molecule has 0 unspecified atom stereocenters. The number of esters is 1. The zero-order valence-electron chi connectivity index (χ0n) is 13.8. The Balaban J connectivity index is 2.08. The van der Waals surface area contributed by atoms with Gasteiger partial charge in [-0.05, 0) is 55.0 Å². The van der Waals surface area contributed by atoms with Gasteiger partial charge in [0.2, 0.25) is 0 Å². The molecule has 128 valence electrons. The molecule has 0 bridgehead atoms. The third-order valence-electron chi connectivity index (χ3n) is 3.86. The van der Waals surface area contributed by atoms with E-state index in [0.717, 1.165) is 5.56 Å². The Labute approximate surface area is 143 Å². The smallest absolute Gasteiger partial charge is 0.325 e. The normalized spacial score (nSPS) is 10.7. The van der Waals surface area contributed by atoms with Crippen LogP contribution in [0, 0.1) is 18.6 Å². The average Bonchev–Trinajstić information content (AvgIpc) is 3.01. The van der Waals surface area contributed by atoms with E-state index in [9.17, 15) is 13.6 Å². The van der Waals surface area contributed by atoms with E-state index < -0.39 is 5.97 Å². The summed E-state index contributed by atoms with van der Waals surface area (Å²) in [5, 5.41) is 0. The van der Waals surface area contributed by atoms with Crippen LogP contribution >= 0.6 is 0 Å². The first-order valence-corrected chi connectivity index (χ1v) is 7.64. The minimum Gasteiger partial charge on any atom is -0.468 e. The van der Waals surface area contributed by atoms with Gasteiger partial charge in [-0.3, -0.25) is 4.79 Å². The van der Waals surface area contributed by atoms with E-state index in [0.29, 0.717) is 22.6 Å². The lowest BCUT2D eigenvalue weighted by molar-refractivity contribution is -0.141. The van der Waals surface area contributed by atoms with Gasteiger partial charge in [0.05, 0.1) is 12.8 Å². The summed E-state index contributed by atoms with van der Waals surface area (Å²) >= 11 is 0. The number of carbonyl (C=O) groups excluding carboxylic acids is 1. The van der Waals surface area contributed by atoms with Crippen LogP contribution in [0.1, 0.15) is 5.56 Å². The van der Waals surface area contributed by atoms with Gasteiger partial charge in [-0.15, -0.1) is 0 Å². The summed E-state index contributed by atoms with van der Waals surface area (Å²) in [7, 11) is 1.31. The maximum Gasteiger partial charge on any atom is 0.325 e. The van der Waals surface area contributed by atoms with Crippen molar-refractivity contribution >= 4 is 5.97 Å². The fraction of sp³-hybridized carbons (Fsp3) is 0.158. The molecule has 0 radical (unpaired) electrons. The number of carbonyl (C=O) groups is 1. The second-order valence-electron chi connectivity index (χ2n) is 5.62. The number of aromatic nitrogens is 2. The van der Waals surface area contributed by atoms with Crippen molar-refractivity contribution < 1.29 is 18.3 Å². The molecule has 2 aromatic carbocycles. The summed E-state index contributed by atoms with van der Waals surface area (Å²) in [5.74, 6) is -0.578. The summed E-state index contributed by atoms with van der Waals surface area (Å²) in [5.41, 5.74) is 2.48. The highest BCUT2D eigenvalue weighted by Crippen LogP contribution is 2.26. The van der Waals surface area contributed by atoms with Crippen molar-refractivity contribution in [1.29, 1.82) is 0 Å². The summed E-state index contributed by atoms with van der Waals surface area (Å²) in [6.07, 6.45) is 1.70. The van der Waals surface area contributed by atoms with Crippen LogP contribution < -0.4 is 0 Å². The van der Waals surface area contributed by atoms with Crippen molar-refractivity contribution in [2.24, 2.45) is 0 Å². The highest BCUT2D eigenvalue weighted by Gasteiger charge is 2.15. The number of ether oxygens (including phenoxy) is 1. The van der Waals surface area contributed by atoms with E-state index in [2.05, 4.69) is 4.98 Å². The van der Waals surface area contributed by atoms with Crippen LogP contribution in [0.25, 0.3) is 22.6 Å². The summed E-state index contributed by atoms with van der Waals surface area (Å²) in [6.45, 7) is 1.64. The van der Waals surface area contributed by atoms with Gasteiger partial charge >= 0.3 is 5.97 Å². The van der Waals surface area contributed by atoms with Crippen molar-refractivity contribution in [3.8, 4) is 22.6 Å². The lowest BCUT2D eigenvalue weighted by Crippen LogP contribution is -2.11. The van der Waals surface area contributed by atoms with E-state index in [-0.39, 0.29) is 18.2 Å². The highest BCUT2D eigenvalue weighted by molar-refractivity contribution is 5.72. The molecule has 0 amide bonds. The molecule has 0 atom stereocenters.